The summed E-state index contributed by atoms with van der Waals surface area (Å²) in [6.45, 7) is 2.69. The molecule has 0 radical (unpaired) electrons. The van der Waals surface area contributed by atoms with E-state index in [0.29, 0.717) is 18.5 Å². The summed E-state index contributed by atoms with van der Waals surface area (Å²) in [6, 6.07) is 12.4. The van der Waals surface area contributed by atoms with Gasteiger partial charge in [0.1, 0.15) is 0 Å². The van der Waals surface area contributed by atoms with E-state index in [1.807, 2.05) is 47.3 Å². The summed E-state index contributed by atoms with van der Waals surface area (Å²) in [5, 5.41) is 15.6. The molecule has 2 aromatic heterocycles. The number of para-hydroxylation sites is 1. The average Bonchev–Trinajstić information content (AvgIpc) is 3.21. The average molecular weight is 297 g/mol. The number of rotatable bonds is 7. The summed E-state index contributed by atoms with van der Waals surface area (Å²) in [4.78, 5) is 0. The molecule has 0 amide bonds. The quantitative estimate of drug-likeness (QED) is 0.725. The normalized spacial score (nSPS) is 10.8. The molecule has 3 rings (SSSR count). The summed E-state index contributed by atoms with van der Waals surface area (Å²) < 4.78 is 7.38. The Bertz CT molecular complexity index is 704. The minimum Gasteiger partial charge on any atom is -0.408 e. The third kappa shape index (κ3) is 3.52. The molecule has 6 nitrogen and oxygen atoms in total. The number of nitrogens with one attached hydrogen (secondary N) is 1. The summed E-state index contributed by atoms with van der Waals surface area (Å²) in [7, 11) is 0. The molecular weight excluding hydrogens is 278 g/mol. The van der Waals surface area contributed by atoms with Gasteiger partial charge in [-0.3, -0.25) is 0 Å². The SMILES string of the molecule is CCCCc1nnc(NCc2ccn(-c3ccccc3)n2)o1. The van der Waals surface area contributed by atoms with E-state index in [0.717, 1.165) is 30.6 Å². The summed E-state index contributed by atoms with van der Waals surface area (Å²) >= 11 is 0. The van der Waals surface area contributed by atoms with Crippen molar-refractivity contribution in [3.63, 3.8) is 0 Å². The second kappa shape index (κ2) is 6.89. The first-order valence-corrected chi connectivity index (χ1v) is 7.51. The molecule has 114 valence electrons. The van der Waals surface area contributed by atoms with Gasteiger partial charge in [0.2, 0.25) is 5.89 Å². The van der Waals surface area contributed by atoms with Crippen molar-refractivity contribution in [2.24, 2.45) is 0 Å². The number of aryl methyl sites for hydroxylation is 1. The highest BCUT2D eigenvalue weighted by atomic mass is 16.4. The van der Waals surface area contributed by atoms with Gasteiger partial charge < -0.3 is 9.73 Å². The maximum atomic E-state index is 5.53. The minimum absolute atomic E-state index is 0.445. The van der Waals surface area contributed by atoms with E-state index in [4.69, 9.17) is 4.42 Å². The van der Waals surface area contributed by atoms with Crippen molar-refractivity contribution >= 4 is 6.01 Å². The van der Waals surface area contributed by atoms with Crippen LogP contribution in [0.15, 0.2) is 47.0 Å². The Morgan fingerprint density at radius 3 is 2.82 bits per heavy atom. The van der Waals surface area contributed by atoms with Crippen molar-refractivity contribution in [3.05, 3.63) is 54.2 Å². The molecule has 2 heterocycles. The Morgan fingerprint density at radius 1 is 1.14 bits per heavy atom. The zero-order valence-corrected chi connectivity index (χ0v) is 12.6. The van der Waals surface area contributed by atoms with Crippen molar-refractivity contribution in [1.82, 2.24) is 20.0 Å². The van der Waals surface area contributed by atoms with Crippen molar-refractivity contribution < 1.29 is 4.42 Å². The monoisotopic (exact) mass is 297 g/mol. The molecule has 0 fully saturated rings. The van der Waals surface area contributed by atoms with Crippen LogP contribution in [-0.4, -0.2) is 20.0 Å². The van der Waals surface area contributed by atoms with Gasteiger partial charge in [-0.1, -0.05) is 36.6 Å². The fourth-order valence-corrected chi connectivity index (χ4v) is 2.10. The minimum atomic E-state index is 0.445. The van der Waals surface area contributed by atoms with Crippen LogP contribution in [-0.2, 0) is 13.0 Å². The second-order valence-corrected chi connectivity index (χ2v) is 5.05. The zero-order chi connectivity index (χ0) is 15.2. The second-order valence-electron chi connectivity index (χ2n) is 5.05. The van der Waals surface area contributed by atoms with E-state index in [9.17, 15) is 0 Å². The molecule has 0 bridgehead atoms. The van der Waals surface area contributed by atoms with E-state index < -0.39 is 0 Å². The van der Waals surface area contributed by atoms with Crippen molar-refractivity contribution in [3.8, 4) is 5.69 Å². The van der Waals surface area contributed by atoms with Crippen LogP contribution in [0, 0.1) is 0 Å². The van der Waals surface area contributed by atoms with Crippen LogP contribution in [0.1, 0.15) is 31.4 Å². The fourth-order valence-electron chi connectivity index (χ4n) is 2.10. The van der Waals surface area contributed by atoms with Crippen molar-refractivity contribution in [2.45, 2.75) is 32.7 Å². The number of hydrogen-bond donors (Lipinski definition) is 1. The lowest BCUT2D eigenvalue weighted by Gasteiger charge is -2.00. The predicted octanol–water partition coefficient (Wildman–Crippen LogP) is 3.21. The maximum absolute atomic E-state index is 5.53. The van der Waals surface area contributed by atoms with Crippen LogP contribution in [0.5, 0.6) is 0 Å². The molecule has 0 saturated carbocycles. The molecule has 0 saturated heterocycles. The molecule has 22 heavy (non-hydrogen) atoms. The molecule has 3 aromatic rings. The van der Waals surface area contributed by atoms with Crippen LogP contribution in [0.2, 0.25) is 0 Å². The van der Waals surface area contributed by atoms with Gasteiger partial charge in [0, 0.05) is 12.6 Å². The lowest BCUT2D eigenvalue weighted by Crippen LogP contribution is -2.02. The fraction of sp³-hybridized carbons (Fsp3) is 0.312. The van der Waals surface area contributed by atoms with Gasteiger partial charge in [0.05, 0.1) is 17.9 Å². The van der Waals surface area contributed by atoms with Crippen LogP contribution in [0.4, 0.5) is 6.01 Å². The predicted molar refractivity (Wildman–Crippen MR) is 83.8 cm³/mol. The maximum Gasteiger partial charge on any atom is 0.315 e. The summed E-state index contributed by atoms with van der Waals surface area (Å²) in [5.41, 5.74) is 1.95. The standard InChI is InChI=1S/C16H19N5O/c1-2-3-9-15-18-19-16(22-15)17-12-13-10-11-21(20-13)14-7-5-4-6-8-14/h4-8,10-11H,2-3,9,12H2,1H3,(H,17,19). The number of hydrogen-bond acceptors (Lipinski definition) is 5. The molecule has 6 heteroatoms. The van der Waals surface area contributed by atoms with E-state index in [1.165, 1.54) is 0 Å². The Hall–Kier alpha value is -2.63. The third-order valence-corrected chi connectivity index (χ3v) is 3.30. The van der Waals surface area contributed by atoms with Crippen molar-refractivity contribution in [2.75, 3.05) is 5.32 Å². The molecule has 1 aromatic carbocycles. The van der Waals surface area contributed by atoms with Gasteiger partial charge in [-0.2, -0.15) is 5.10 Å². The first-order chi connectivity index (χ1) is 10.8. The summed E-state index contributed by atoms with van der Waals surface area (Å²) in [5.74, 6) is 0.680. The Labute approximate surface area is 129 Å². The topological polar surface area (TPSA) is 68.8 Å². The van der Waals surface area contributed by atoms with Gasteiger partial charge in [0.25, 0.3) is 0 Å². The number of benzene rings is 1. The third-order valence-electron chi connectivity index (χ3n) is 3.30. The van der Waals surface area contributed by atoms with Crippen LogP contribution >= 0.6 is 0 Å². The Morgan fingerprint density at radius 2 is 2.00 bits per heavy atom. The molecule has 0 aliphatic rings. The van der Waals surface area contributed by atoms with Gasteiger partial charge in [-0.25, -0.2) is 4.68 Å². The molecule has 0 unspecified atom stereocenters. The van der Waals surface area contributed by atoms with Gasteiger partial charge in [-0.15, -0.1) is 5.10 Å². The lowest BCUT2D eigenvalue weighted by atomic mass is 10.2. The smallest absolute Gasteiger partial charge is 0.315 e. The van der Waals surface area contributed by atoms with Crippen LogP contribution < -0.4 is 5.32 Å². The number of aromatic nitrogens is 4. The van der Waals surface area contributed by atoms with Crippen molar-refractivity contribution in [1.29, 1.82) is 0 Å². The Kier molecular flexibility index (Phi) is 4.48. The largest absolute Gasteiger partial charge is 0.408 e. The van der Waals surface area contributed by atoms with Crippen LogP contribution in [0.25, 0.3) is 5.69 Å². The van der Waals surface area contributed by atoms with E-state index in [2.05, 4.69) is 27.5 Å². The highest BCUT2D eigenvalue weighted by Gasteiger charge is 2.06. The first-order valence-electron chi connectivity index (χ1n) is 7.51. The summed E-state index contributed by atoms with van der Waals surface area (Å²) in [6.07, 6.45) is 4.94. The van der Waals surface area contributed by atoms with E-state index in [-0.39, 0.29) is 0 Å². The van der Waals surface area contributed by atoms with Gasteiger partial charge in [-0.05, 0) is 24.6 Å². The highest BCUT2D eigenvalue weighted by molar-refractivity contribution is 5.30. The molecular formula is C16H19N5O. The van der Waals surface area contributed by atoms with Gasteiger partial charge in [0.15, 0.2) is 0 Å². The Balaban J connectivity index is 1.58. The number of unbranched alkanes of at least 4 members (excludes halogenated alkanes) is 1. The van der Waals surface area contributed by atoms with Crippen LogP contribution in [0.3, 0.4) is 0 Å². The molecule has 1 N–H and O–H groups in total. The first kappa shape index (κ1) is 14.3. The lowest BCUT2D eigenvalue weighted by molar-refractivity contribution is 0.494. The molecule has 0 spiro atoms. The molecule has 0 atom stereocenters. The highest BCUT2D eigenvalue weighted by Crippen LogP contribution is 2.11. The molecule has 0 aliphatic heterocycles. The molecule has 0 aliphatic carbocycles. The van der Waals surface area contributed by atoms with Gasteiger partial charge >= 0.3 is 6.01 Å². The van der Waals surface area contributed by atoms with E-state index >= 15 is 0 Å². The zero-order valence-electron chi connectivity index (χ0n) is 12.6. The number of anilines is 1. The van der Waals surface area contributed by atoms with E-state index in [1.54, 1.807) is 0 Å². The number of nitrogens with zero attached hydrogens (tertiary/aromatic N) is 4.